The molecular weight excluding hydrogens is 386 g/mol. The van der Waals surface area contributed by atoms with Gasteiger partial charge < -0.3 is 10.6 Å². The monoisotopic (exact) mass is 411 g/mol. The van der Waals surface area contributed by atoms with Gasteiger partial charge in [-0.25, -0.2) is 9.67 Å². The van der Waals surface area contributed by atoms with Gasteiger partial charge in [0.2, 0.25) is 5.82 Å². The largest absolute Gasteiger partial charge is 0.336 e. The van der Waals surface area contributed by atoms with Gasteiger partial charge in [0.05, 0.1) is 5.69 Å². The van der Waals surface area contributed by atoms with Crippen molar-refractivity contribution in [3.05, 3.63) is 66.5 Å². The Kier molecular flexibility index (Phi) is 6.67. The molecule has 0 aliphatic carbocycles. The Morgan fingerprint density at radius 1 is 1.10 bits per heavy atom. The molecule has 1 amide bonds. The second-order valence-corrected chi connectivity index (χ2v) is 7.38. The van der Waals surface area contributed by atoms with Crippen LogP contribution in [0.3, 0.4) is 0 Å². The number of nitrogens with two attached hydrogens (primary N) is 1. The van der Waals surface area contributed by atoms with Crippen LogP contribution in [0.1, 0.15) is 30.4 Å². The third-order valence-electron chi connectivity index (χ3n) is 5.32. The van der Waals surface area contributed by atoms with Crippen LogP contribution in [0.2, 0.25) is 0 Å². The van der Waals surface area contributed by atoms with Crippen LogP contribution in [-0.2, 0) is 0 Å². The summed E-state index contributed by atoms with van der Waals surface area (Å²) in [4.78, 5) is 19.6. The number of benzene rings is 2. The third-order valence-corrected chi connectivity index (χ3v) is 5.32. The molecule has 29 heavy (non-hydrogen) atoms. The van der Waals surface area contributed by atoms with Gasteiger partial charge in [0.1, 0.15) is 0 Å². The normalized spacial score (nSPS) is 17.4. The second kappa shape index (κ2) is 9.20. The molecule has 2 N–H and O–H groups in total. The minimum Gasteiger partial charge on any atom is -0.336 e. The molecule has 4 rings (SSSR count). The van der Waals surface area contributed by atoms with Crippen molar-refractivity contribution >= 4 is 18.3 Å². The van der Waals surface area contributed by atoms with Crippen LogP contribution < -0.4 is 5.73 Å². The standard InChI is InChI=1S/C22H25N5O.ClH/c1-16(23)18-11-8-14-26(15-18)22(28)20-24-21(17-9-4-2-5-10-17)27(25-20)19-12-6-3-7-13-19;/h2-7,9-10,12-13,16,18H,8,11,14-15,23H2,1H3;1H. The van der Waals surface area contributed by atoms with Crippen LogP contribution in [0, 0.1) is 5.92 Å². The number of rotatable bonds is 4. The van der Waals surface area contributed by atoms with Crippen LogP contribution >= 0.6 is 12.4 Å². The van der Waals surface area contributed by atoms with Crippen LogP contribution in [0.15, 0.2) is 60.7 Å². The fourth-order valence-electron chi connectivity index (χ4n) is 3.69. The van der Waals surface area contributed by atoms with E-state index in [1.807, 2.05) is 72.5 Å². The number of carbonyl (C=O) groups excluding carboxylic acids is 1. The summed E-state index contributed by atoms with van der Waals surface area (Å²) in [5, 5.41) is 4.58. The minimum atomic E-state index is -0.128. The Labute approximate surface area is 177 Å². The highest BCUT2D eigenvalue weighted by atomic mass is 35.5. The van der Waals surface area contributed by atoms with E-state index in [-0.39, 0.29) is 30.2 Å². The van der Waals surface area contributed by atoms with Gasteiger partial charge in [0.25, 0.3) is 5.91 Å². The summed E-state index contributed by atoms with van der Waals surface area (Å²) in [6.45, 7) is 3.40. The molecular formula is C22H26ClN5O. The van der Waals surface area contributed by atoms with Gasteiger partial charge in [-0.15, -0.1) is 17.5 Å². The number of para-hydroxylation sites is 1. The van der Waals surface area contributed by atoms with E-state index in [2.05, 4.69) is 10.1 Å². The van der Waals surface area contributed by atoms with Crippen molar-refractivity contribution in [2.75, 3.05) is 13.1 Å². The van der Waals surface area contributed by atoms with Gasteiger partial charge in [-0.3, -0.25) is 4.79 Å². The van der Waals surface area contributed by atoms with E-state index in [0.29, 0.717) is 18.3 Å². The lowest BCUT2D eigenvalue weighted by Crippen LogP contribution is -2.45. The highest BCUT2D eigenvalue weighted by Crippen LogP contribution is 2.23. The Bertz CT molecular complexity index is 885. The number of nitrogens with zero attached hydrogens (tertiary/aromatic N) is 4. The molecule has 6 nitrogen and oxygen atoms in total. The van der Waals surface area contributed by atoms with Crippen molar-refractivity contribution in [1.82, 2.24) is 19.7 Å². The first-order chi connectivity index (χ1) is 13.6. The first kappa shape index (κ1) is 21.0. The quantitative estimate of drug-likeness (QED) is 0.712. The molecule has 1 aliphatic heterocycles. The number of likely N-dealkylation sites (tertiary alicyclic amines) is 1. The highest BCUT2D eigenvalue weighted by molar-refractivity contribution is 5.91. The molecule has 1 aromatic heterocycles. The predicted octanol–water partition coefficient (Wildman–Crippen LogP) is 3.56. The fourth-order valence-corrected chi connectivity index (χ4v) is 3.69. The van der Waals surface area contributed by atoms with E-state index in [0.717, 1.165) is 30.6 Å². The second-order valence-electron chi connectivity index (χ2n) is 7.38. The van der Waals surface area contributed by atoms with Crippen molar-refractivity contribution in [2.45, 2.75) is 25.8 Å². The molecule has 0 saturated carbocycles. The zero-order chi connectivity index (χ0) is 19.5. The van der Waals surface area contributed by atoms with Gasteiger partial charge >= 0.3 is 0 Å². The van der Waals surface area contributed by atoms with Crippen LogP contribution in [-0.4, -0.2) is 44.7 Å². The molecule has 2 atom stereocenters. The minimum absolute atomic E-state index is 0. The highest BCUT2D eigenvalue weighted by Gasteiger charge is 2.29. The summed E-state index contributed by atoms with van der Waals surface area (Å²) < 4.78 is 1.75. The molecule has 2 aromatic carbocycles. The van der Waals surface area contributed by atoms with Crippen LogP contribution in [0.5, 0.6) is 0 Å². The number of hydrogen-bond donors (Lipinski definition) is 1. The number of piperidine rings is 1. The third kappa shape index (κ3) is 4.49. The zero-order valence-electron chi connectivity index (χ0n) is 16.4. The first-order valence-electron chi connectivity index (χ1n) is 9.76. The van der Waals surface area contributed by atoms with Gasteiger partial charge in [0, 0.05) is 24.7 Å². The summed E-state index contributed by atoms with van der Waals surface area (Å²) in [5.41, 5.74) is 7.87. The SMILES string of the molecule is CC(N)C1CCCN(C(=O)c2nc(-c3ccccc3)n(-c3ccccc3)n2)C1.Cl. The van der Waals surface area contributed by atoms with E-state index in [1.165, 1.54) is 0 Å². The van der Waals surface area contributed by atoms with E-state index in [4.69, 9.17) is 5.73 Å². The van der Waals surface area contributed by atoms with Gasteiger partial charge in [-0.1, -0.05) is 48.5 Å². The Morgan fingerprint density at radius 3 is 2.41 bits per heavy atom. The molecule has 0 bridgehead atoms. The first-order valence-corrected chi connectivity index (χ1v) is 9.76. The topological polar surface area (TPSA) is 77.0 Å². The lowest BCUT2D eigenvalue weighted by molar-refractivity contribution is 0.0648. The maximum Gasteiger partial charge on any atom is 0.293 e. The van der Waals surface area contributed by atoms with Crippen molar-refractivity contribution < 1.29 is 4.79 Å². The van der Waals surface area contributed by atoms with Crippen molar-refractivity contribution in [3.8, 4) is 17.1 Å². The average Bonchev–Trinajstić information content (AvgIpc) is 3.20. The van der Waals surface area contributed by atoms with Crippen molar-refractivity contribution in [3.63, 3.8) is 0 Å². The molecule has 2 heterocycles. The van der Waals surface area contributed by atoms with Crippen LogP contribution in [0.4, 0.5) is 0 Å². The van der Waals surface area contributed by atoms with E-state index < -0.39 is 0 Å². The molecule has 152 valence electrons. The van der Waals surface area contributed by atoms with Crippen LogP contribution in [0.25, 0.3) is 17.1 Å². The summed E-state index contributed by atoms with van der Waals surface area (Å²) in [7, 11) is 0. The zero-order valence-corrected chi connectivity index (χ0v) is 17.3. The smallest absolute Gasteiger partial charge is 0.293 e. The number of carbonyl (C=O) groups is 1. The molecule has 3 aromatic rings. The number of aromatic nitrogens is 3. The maximum absolute atomic E-state index is 13.1. The van der Waals surface area contributed by atoms with Crippen molar-refractivity contribution in [1.29, 1.82) is 0 Å². The fraction of sp³-hybridized carbons (Fsp3) is 0.318. The van der Waals surface area contributed by atoms with E-state index in [1.54, 1.807) is 4.68 Å². The Morgan fingerprint density at radius 2 is 1.76 bits per heavy atom. The lowest BCUT2D eigenvalue weighted by atomic mass is 9.92. The molecule has 1 fully saturated rings. The average molecular weight is 412 g/mol. The molecule has 0 spiro atoms. The van der Waals surface area contributed by atoms with Gasteiger partial charge in [-0.2, -0.15) is 0 Å². The predicted molar refractivity (Wildman–Crippen MR) is 116 cm³/mol. The molecule has 7 heteroatoms. The van der Waals surface area contributed by atoms with E-state index >= 15 is 0 Å². The summed E-state index contributed by atoms with van der Waals surface area (Å²) in [6.07, 6.45) is 2.02. The molecule has 1 saturated heterocycles. The number of halogens is 1. The van der Waals surface area contributed by atoms with Gasteiger partial charge in [-0.05, 0) is 37.8 Å². The Balaban J connectivity index is 0.00000240. The number of amides is 1. The summed E-state index contributed by atoms with van der Waals surface area (Å²) in [6, 6.07) is 19.7. The van der Waals surface area contributed by atoms with Gasteiger partial charge in [0.15, 0.2) is 5.82 Å². The Hall–Kier alpha value is -2.70. The molecule has 0 radical (unpaired) electrons. The lowest BCUT2D eigenvalue weighted by Gasteiger charge is -2.33. The molecule has 1 aliphatic rings. The van der Waals surface area contributed by atoms with Crippen molar-refractivity contribution in [2.24, 2.45) is 11.7 Å². The summed E-state index contributed by atoms with van der Waals surface area (Å²) >= 11 is 0. The number of hydrogen-bond acceptors (Lipinski definition) is 4. The maximum atomic E-state index is 13.1. The summed E-state index contributed by atoms with van der Waals surface area (Å²) in [5.74, 6) is 1.09. The molecule has 2 unspecified atom stereocenters. The van der Waals surface area contributed by atoms with E-state index in [9.17, 15) is 4.79 Å².